The summed E-state index contributed by atoms with van der Waals surface area (Å²) in [7, 11) is -4.13. The molecule has 7 nitrogen and oxygen atoms in total. The maximum Gasteiger partial charge on any atom is 0.472 e. The normalized spacial score (nSPS) is 33.4. The number of aliphatic hydroxyl groups excluding tert-OH is 1. The van der Waals surface area contributed by atoms with E-state index in [4.69, 9.17) is 18.5 Å². The van der Waals surface area contributed by atoms with Gasteiger partial charge in [0.15, 0.2) is 0 Å². The maximum atomic E-state index is 11.7. The Balaban J connectivity index is 2.64. The summed E-state index contributed by atoms with van der Waals surface area (Å²) in [6.07, 6.45) is -2.46. The molecule has 1 aliphatic heterocycles. The number of aliphatic hydroxyl groups is 1. The second-order valence-corrected chi connectivity index (χ2v) is 7.31. The van der Waals surface area contributed by atoms with E-state index < -0.39 is 32.2 Å². The lowest BCUT2D eigenvalue weighted by molar-refractivity contribution is -0.200. The predicted molar refractivity (Wildman–Crippen MR) is 76.9 cm³/mol. The molecular weight excluding hydrogens is 299 g/mol. The van der Waals surface area contributed by atoms with E-state index >= 15 is 0 Å². The summed E-state index contributed by atoms with van der Waals surface area (Å²) in [6, 6.07) is 0. The molecule has 0 aliphatic carbocycles. The third kappa shape index (κ3) is 6.32. The lowest BCUT2D eigenvalue weighted by Gasteiger charge is -2.39. The summed E-state index contributed by atoms with van der Waals surface area (Å²) in [4.78, 5) is 9.55. The molecule has 4 unspecified atom stereocenters. The smallest absolute Gasteiger partial charge is 0.390 e. The Labute approximate surface area is 126 Å². The summed E-state index contributed by atoms with van der Waals surface area (Å²) in [5.74, 6) is -0.0714. The zero-order valence-corrected chi connectivity index (χ0v) is 14.2. The highest BCUT2D eigenvalue weighted by molar-refractivity contribution is 7.47. The molecule has 126 valence electrons. The van der Waals surface area contributed by atoms with Gasteiger partial charge in [0.05, 0.1) is 31.5 Å². The van der Waals surface area contributed by atoms with Gasteiger partial charge in [0.2, 0.25) is 0 Å². The minimum atomic E-state index is -4.13. The van der Waals surface area contributed by atoms with Crippen LogP contribution in [0.5, 0.6) is 0 Å². The molecule has 0 aromatic heterocycles. The van der Waals surface area contributed by atoms with Gasteiger partial charge in [-0.3, -0.25) is 9.05 Å². The second kappa shape index (κ2) is 8.02. The Morgan fingerprint density at radius 3 is 2.43 bits per heavy atom. The van der Waals surface area contributed by atoms with Gasteiger partial charge in [-0.25, -0.2) is 4.57 Å². The lowest BCUT2D eigenvalue weighted by Crippen LogP contribution is -2.53. The van der Waals surface area contributed by atoms with Gasteiger partial charge in [0, 0.05) is 5.92 Å². The van der Waals surface area contributed by atoms with Gasteiger partial charge in [-0.15, -0.1) is 0 Å². The predicted octanol–water partition coefficient (Wildman–Crippen LogP) is 1.72. The van der Waals surface area contributed by atoms with E-state index in [1.54, 1.807) is 13.8 Å². The number of ether oxygens (including phenoxy) is 2. The Hall–Kier alpha value is -0.0100. The van der Waals surface area contributed by atoms with Crippen molar-refractivity contribution in [3.63, 3.8) is 0 Å². The Kier molecular flexibility index (Phi) is 7.27. The molecule has 21 heavy (non-hydrogen) atoms. The van der Waals surface area contributed by atoms with E-state index in [1.807, 2.05) is 20.8 Å². The summed E-state index contributed by atoms with van der Waals surface area (Å²) >= 11 is 0. The van der Waals surface area contributed by atoms with Crippen LogP contribution in [0.1, 0.15) is 34.6 Å². The highest BCUT2D eigenvalue weighted by atomic mass is 31.2. The van der Waals surface area contributed by atoms with Gasteiger partial charge in [-0.2, -0.15) is 0 Å². The largest absolute Gasteiger partial charge is 0.472 e. The zero-order chi connectivity index (χ0) is 16.2. The number of hydrogen-bond acceptors (Lipinski definition) is 6. The first kappa shape index (κ1) is 19.0. The van der Waals surface area contributed by atoms with Crippen LogP contribution in [0.3, 0.4) is 0 Å². The first-order chi connectivity index (χ1) is 9.62. The van der Waals surface area contributed by atoms with Crippen molar-refractivity contribution < 1.29 is 33.1 Å². The van der Waals surface area contributed by atoms with Crippen LogP contribution < -0.4 is 0 Å². The molecule has 0 radical (unpaired) electrons. The van der Waals surface area contributed by atoms with Crippen LogP contribution in [0.4, 0.5) is 0 Å². The van der Waals surface area contributed by atoms with E-state index in [0.29, 0.717) is 6.61 Å². The van der Waals surface area contributed by atoms with Crippen molar-refractivity contribution in [3.8, 4) is 0 Å². The van der Waals surface area contributed by atoms with E-state index in [9.17, 15) is 14.6 Å². The van der Waals surface area contributed by atoms with Crippen molar-refractivity contribution in [3.05, 3.63) is 0 Å². The Morgan fingerprint density at radius 1 is 1.29 bits per heavy atom. The minimum Gasteiger partial charge on any atom is -0.390 e. The van der Waals surface area contributed by atoms with Crippen molar-refractivity contribution in [2.24, 2.45) is 5.92 Å². The van der Waals surface area contributed by atoms with Crippen molar-refractivity contribution in [1.29, 1.82) is 0 Å². The Bertz CT molecular complexity index is 360. The third-order valence-corrected chi connectivity index (χ3v) is 4.20. The lowest BCUT2D eigenvalue weighted by atomic mass is 9.94. The van der Waals surface area contributed by atoms with Crippen LogP contribution in [0.15, 0.2) is 0 Å². The number of rotatable bonds is 7. The molecule has 1 heterocycles. The Morgan fingerprint density at radius 2 is 1.90 bits per heavy atom. The first-order valence-electron chi connectivity index (χ1n) is 7.23. The van der Waals surface area contributed by atoms with Crippen molar-refractivity contribution >= 4 is 7.82 Å². The average Bonchev–Trinajstić information content (AvgIpc) is 2.32. The standard InChI is InChI=1S/C13H27O7P/c1-8(2)19-13-11(17-6-10(5)12(13)14)7-18-21(15,16)20-9(3)4/h8-14H,6-7H2,1-5H3,(H,15,16)/t10?,11?,12-,13?/m0/s1. The van der Waals surface area contributed by atoms with Crippen molar-refractivity contribution in [1.82, 2.24) is 0 Å². The molecule has 5 atom stereocenters. The fourth-order valence-electron chi connectivity index (χ4n) is 2.10. The molecule has 2 N–H and O–H groups in total. The molecular formula is C13H27O7P. The second-order valence-electron chi connectivity index (χ2n) is 5.91. The van der Waals surface area contributed by atoms with Gasteiger partial charge in [-0.1, -0.05) is 6.92 Å². The van der Waals surface area contributed by atoms with Gasteiger partial charge >= 0.3 is 7.82 Å². The highest BCUT2D eigenvalue weighted by Gasteiger charge is 2.40. The molecule has 0 bridgehead atoms. The van der Waals surface area contributed by atoms with Crippen LogP contribution >= 0.6 is 7.82 Å². The third-order valence-electron chi connectivity index (χ3n) is 3.03. The number of phosphoric ester groups is 1. The van der Waals surface area contributed by atoms with Gasteiger partial charge < -0.3 is 19.5 Å². The molecule has 1 aliphatic rings. The average molecular weight is 326 g/mol. The minimum absolute atomic E-state index is 0.0714. The summed E-state index contributed by atoms with van der Waals surface area (Å²) in [6.45, 7) is 9.00. The molecule has 0 spiro atoms. The maximum absolute atomic E-state index is 11.7. The fourth-order valence-corrected chi connectivity index (χ4v) is 3.03. The molecule has 1 rings (SSSR count). The van der Waals surface area contributed by atoms with Gasteiger partial charge in [0.25, 0.3) is 0 Å². The van der Waals surface area contributed by atoms with Crippen LogP contribution in [0, 0.1) is 5.92 Å². The van der Waals surface area contributed by atoms with Crippen LogP contribution in [0.2, 0.25) is 0 Å². The number of hydrogen-bond donors (Lipinski definition) is 2. The summed E-state index contributed by atoms with van der Waals surface area (Å²) < 4.78 is 32.7. The van der Waals surface area contributed by atoms with E-state index in [0.717, 1.165) is 0 Å². The molecule has 0 aromatic rings. The first-order valence-corrected chi connectivity index (χ1v) is 8.72. The van der Waals surface area contributed by atoms with E-state index in [2.05, 4.69) is 0 Å². The van der Waals surface area contributed by atoms with E-state index in [1.165, 1.54) is 0 Å². The molecule has 0 aromatic carbocycles. The summed E-state index contributed by atoms with van der Waals surface area (Å²) in [5, 5.41) is 10.2. The summed E-state index contributed by atoms with van der Waals surface area (Å²) in [5.41, 5.74) is 0. The van der Waals surface area contributed by atoms with Crippen LogP contribution in [0.25, 0.3) is 0 Å². The zero-order valence-electron chi connectivity index (χ0n) is 13.3. The van der Waals surface area contributed by atoms with Crippen molar-refractivity contribution in [2.45, 2.75) is 65.1 Å². The fraction of sp³-hybridized carbons (Fsp3) is 1.00. The SMILES string of the molecule is CC(C)OC1C(COP(=O)(O)OC(C)C)OCC(C)[C@@H]1O. The molecule has 8 heteroatoms. The highest BCUT2D eigenvalue weighted by Crippen LogP contribution is 2.45. The van der Waals surface area contributed by atoms with Crippen molar-refractivity contribution in [2.75, 3.05) is 13.2 Å². The van der Waals surface area contributed by atoms with Gasteiger partial charge in [-0.05, 0) is 27.7 Å². The van der Waals surface area contributed by atoms with Gasteiger partial charge in [0.1, 0.15) is 12.2 Å². The molecule has 0 saturated carbocycles. The monoisotopic (exact) mass is 326 g/mol. The molecule has 1 fully saturated rings. The van der Waals surface area contributed by atoms with Crippen LogP contribution in [-0.4, -0.2) is 53.7 Å². The molecule has 1 saturated heterocycles. The molecule has 0 amide bonds. The van der Waals surface area contributed by atoms with Crippen LogP contribution in [-0.2, 0) is 23.1 Å². The van der Waals surface area contributed by atoms with E-state index in [-0.39, 0.29) is 18.6 Å². The number of phosphoric acid groups is 1. The quantitative estimate of drug-likeness (QED) is 0.688. The topological polar surface area (TPSA) is 94.5 Å².